The molecule has 0 unspecified atom stereocenters. The third-order valence-electron chi connectivity index (χ3n) is 3.89. The van der Waals surface area contributed by atoms with Crippen molar-refractivity contribution >= 4 is 14.3 Å². The quantitative estimate of drug-likeness (QED) is 0.520. The van der Waals surface area contributed by atoms with Crippen molar-refractivity contribution in [2.45, 2.75) is 65.1 Å². The van der Waals surface area contributed by atoms with Crippen LogP contribution in [0.1, 0.15) is 48.5 Å². The number of carbonyl (C=O) groups excluding carboxylic acids is 1. The number of hydrogen-bond donors (Lipinski definition) is 0. The second kappa shape index (κ2) is 7.29. The molecule has 0 aromatic heterocycles. The fourth-order valence-electron chi connectivity index (χ4n) is 3.04. The van der Waals surface area contributed by atoms with Crippen molar-refractivity contribution < 1.29 is 14.0 Å². The van der Waals surface area contributed by atoms with Gasteiger partial charge in [0.2, 0.25) is 0 Å². The maximum absolute atomic E-state index is 11.5. The minimum Gasteiger partial charge on any atom is -0.469 e. The first-order chi connectivity index (χ1) is 8.20. The smallest absolute Gasteiger partial charge is 0.310 e. The van der Waals surface area contributed by atoms with E-state index in [1.54, 1.807) is 0 Å². The molecule has 1 atom stereocenters. The number of ether oxygens (including phenoxy) is 1. The van der Waals surface area contributed by atoms with E-state index in [0.29, 0.717) is 23.2 Å². The first kappa shape index (κ1) is 17.6. The van der Waals surface area contributed by atoms with Crippen molar-refractivity contribution in [1.29, 1.82) is 0 Å². The lowest BCUT2D eigenvalue weighted by Gasteiger charge is -2.42. The molecule has 0 heterocycles. The average Bonchev–Trinajstić information content (AvgIpc) is 2.26. The predicted octanol–water partition coefficient (Wildman–Crippen LogP) is 3.99. The summed E-state index contributed by atoms with van der Waals surface area (Å²) < 4.78 is 11.1. The van der Waals surface area contributed by atoms with E-state index in [4.69, 9.17) is 9.16 Å². The van der Waals surface area contributed by atoms with E-state index in [2.05, 4.69) is 41.5 Å². The van der Waals surface area contributed by atoms with Crippen LogP contribution in [-0.2, 0) is 14.0 Å². The van der Waals surface area contributed by atoms with Gasteiger partial charge in [0.1, 0.15) is 0 Å². The molecule has 3 nitrogen and oxygen atoms in total. The number of methoxy groups -OCH3 is 1. The summed E-state index contributed by atoms with van der Waals surface area (Å²) in [7, 11) is -0.429. The molecular weight excluding hydrogens is 244 g/mol. The molecule has 0 saturated heterocycles. The Hall–Kier alpha value is -0.353. The zero-order valence-electron chi connectivity index (χ0n) is 13.2. The van der Waals surface area contributed by atoms with Gasteiger partial charge in [-0.2, -0.15) is 0 Å². The molecule has 0 aliphatic heterocycles. The third-order valence-corrected chi connectivity index (χ3v) is 9.97. The van der Waals surface area contributed by atoms with Crippen LogP contribution in [0.5, 0.6) is 0 Å². The van der Waals surface area contributed by atoms with Gasteiger partial charge in [-0.3, -0.25) is 4.79 Å². The van der Waals surface area contributed by atoms with Gasteiger partial charge < -0.3 is 9.16 Å². The van der Waals surface area contributed by atoms with Gasteiger partial charge >= 0.3 is 5.97 Å². The molecule has 4 heteroatoms. The molecule has 0 rings (SSSR count). The van der Waals surface area contributed by atoms with Crippen molar-refractivity contribution in [3.8, 4) is 0 Å². The van der Waals surface area contributed by atoms with E-state index in [1.807, 2.05) is 6.92 Å². The van der Waals surface area contributed by atoms with Gasteiger partial charge in [-0.25, -0.2) is 0 Å². The minimum absolute atomic E-state index is 0.182. The van der Waals surface area contributed by atoms with Gasteiger partial charge in [-0.1, -0.05) is 41.5 Å². The monoisotopic (exact) mass is 274 g/mol. The summed E-state index contributed by atoms with van der Waals surface area (Å²) in [5, 5.41) is 0. The molecule has 0 amide bonds. The van der Waals surface area contributed by atoms with E-state index in [-0.39, 0.29) is 11.9 Å². The maximum Gasteiger partial charge on any atom is 0.310 e. The Labute approximate surface area is 113 Å². The van der Waals surface area contributed by atoms with Crippen LogP contribution in [0.25, 0.3) is 0 Å². The van der Waals surface area contributed by atoms with E-state index in [1.165, 1.54) is 7.11 Å². The van der Waals surface area contributed by atoms with Gasteiger partial charge in [0.15, 0.2) is 8.32 Å². The Balaban J connectivity index is 4.86. The number of hydrogen-bond acceptors (Lipinski definition) is 3. The van der Waals surface area contributed by atoms with Crippen LogP contribution in [0.3, 0.4) is 0 Å². The summed E-state index contributed by atoms with van der Waals surface area (Å²) in [5.74, 6) is -0.368. The normalized spacial score (nSPS) is 14.4. The van der Waals surface area contributed by atoms with E-state index in [0.717, 1.165) is 0 Å². The highest BCUT2D eigenvalue weighted by Crippen LogP contribution is 2.42. The number of esters is 1. The lowest BCUT2D eigenvalue weighted by Crippen LogP contribution is -2.48. The summed E-state index contributed by atoms with van der Waals surface area (Å²) in [6, 6.07) is 0. The van der Waals surface area contributed by atoms with Crippen molar-refractivity contribution in [3.63, 3.8) is 0 Å². The highest BCUT2D eigenvalue weighted by atomic mass is 28.4. The molecule has 0 N–H and O–H groups in total. The lowest BCUT2D eigenvalue weighted by molar-refractivity contribution is -0.145. The summed E-state index contributed by atoms with van der Waals surface area (Å²) in [4.78, 5) is 11.5. The molecule has 0 bridgehead atoms. The topological polar surface area (TPSA) is 35.5 Å². The maximum atomic E-state index is 11.5. The van der Waals surface area contributed by atoms with Crippen molar-refractivity contribution in [2.75, 3.05) is 13.7 Å². The van der Waals surface area contributed by atoms with Gasteiger partial charge in [-0.15, -0.1) is 0 Å². The summed E-state index contributed by atoms with van der Waals surface area (Å²) in [6.45, 7) is 15.8. The van der Waals surface area contributed by atoms with Crippen molar-refractivity contribution in [3.05, 3.63) is 0 Å². The Morgan fingerprint density at radius 1 is 0.944 bits per heavy atom. The molecule has 0 aliphatic carbocycles. The first-order valence-corrected chi connectivity index (χ1v) is 9.05. The number of carbonyl (C=O) groups is 1. The van der Waals surface area contributed by atoms with Gasteiger partial charge in [-0.05, 0) is 23.5 Å². The lowest BCUT2D eigenvalue weighted by atomic mass is 10.2. The second-order valence-corrected chi connectivity index (χ2v) is 11.5. The fraction of sp³-hybridized carbons (Fsp3) is 0.929. The molecule has 0 aliphatic rings. The fourth-order valence-corrected chi connectivity index (χ4v) is 8.58. The molecule has 0 saturated carbocycles. The van der Waals surface area contributed by atoms with Crippen LogP contribution in [0.4, 0.5) is 0 Å². The largest absolute Gasteiger partial charge is 0.469 e. The van der Waals surface area contributed by atoms with Crippen LogP contribution in [0.2, 0.25) is 16.6 Å². The van der Waals surface area contributed by atoms with Crippen molar-refractivity contribution in [2.24, 2.45) is 5.92 Å². The predicted molar refractivity (Wildman–Crippen MR) is 78.2 cm³/mol. The van der Waals surface area contributed by atoms with Gasteiger partial charge in [0, 0.05) is 6.61 Å². The zero-order valence-corrected chi connectivity index (χ0v) is 14.2. The van der Waals surface area contributed by atoms with E-state index < -0.39 is 8.32 Å². The highest BCUT2D eigenvalue weighted by Gasteiger charge is 2.45. The second-order valence-electron chi connectivity index (χ2n) is 6.05. The summed E-state index contributed by atoms with van der Waals surface area (Å²) in [6.07, 6.45) is 0. The van der Waals surface area contributed by atoms with Crippen LogP contribution < -0.4 is 0 Å². The average molecular weight is 274 g/mol. The Morgan fingerprint density at radius 3 is 1.61 bits per heavy atom. The van der Waals surface area contributed by atoms with Crippen LogP contribution in [0, 0.1) is 5.92 Å². The summed E-state index contributed by atoms with van der Waals surface area (Å²) in [5.41, 5.74) is 1.63. The zero-order chi connectivity index (χ0) is 14.5. The van der Waals surface area contributed by atoms with Crippen LogP contribution in [0.15, 0.2) is 0 Å². The van der Waals surface area contributed by atoms with Gasteiger partial charge in [0.05, 0.1) is 13.0 Å². The Morgan fingerprint density at radius 2 is 1.33 bits per heavy atom. The molecule has 108 valence electrons. The number of rotatable bonds is 7. The minimum atomic E-state index is -1.86. The molecule has 0 aromatic carbocycles. The van der Waals surface area contributed by atoms with Gasteiger partial charge in [0.25, 0.3) is 0 Å². The molecule has 0 spiro atoms. The highest BCUT2D eigenvalue weighted by molar-refractivity contribution is 6.77. The Bertz CT molecular complexity index is 240. The molecule has 0 aromatic rings. The van der Waals surface area contributed by atoms with E-state index in [9.17, 15) is 4.79 Å². The molecule has 0 fully saturated rings. The third kappa shape index (κ3) is 3.82. The summed E-state index contributed by atoms with van der Waals surface area (Å²) >= 11 is 0. The first-order valence-electron chi connectivity index (χ1n) is 6.91. The van der Waals surface area contributed by atoms with Crippen molar-refractivity contribution in [1.82, 2.24) is 0 Å². The standard InChI is InChI=1S/C14H30O3Si/c1-10(2)18(11(3)4,12(5)6)17-9-13(7)14(15)16-8/h10-13H,9H2,1-8H3/t13-/m1/s1. The van der Waals surface area contributed by atoms with Crippen LogP contribution >= 0.6 is 0 Å². The molecule has 18 heavy (non-hydrogen) atoms. The SMILES string of the molecule is COC(=O)[C@H](C)CO[Si](C(C)C)(C(C)C)C(C)C. The molecular formula is C14H30O3Si. The van der Waals surface area contributed by atoms with Crippen LogP contribution in [-0.4, -0.2) is 28.0 Å². The Kier molecular flexibility index (Phi) is 7.15. The molecule has 0 radical (unpaired) electrons. The van der Waals surface area contributed by atoms with E-state index >= 15 is 0 Å².